The summed E-state index contributed by atoms with van der Waals surface area (Å²) < 4.78 is 22.6. The number of methoxy groups -OCH3 is 1. The molecule has 0 radical (unpaired) electrons. The smallest absolute Gasteiger partial charge is 0.191 e. The molecule has 182 valence electrons. The summed E-state index contributed by atoms with van der Waals surface area (Å²) in [6.07, 6.45) is 1.91. The van der Waals surface area contributed by atoms with Crippen molar-refractivity contribution in [1.29, 1.82) is 0 Å². The van der Waals surface area contributed by atoms with Crippen molar-refractivity contribution in [3.8, 4) is 17.2 Å². The molecule has 0 saturated carbocycles. The third-order valence-electron chi connectivity index (χ3n) is 5.31. The number of ether oxygens (including phenoxy) is 4. The van der Waals surface area contributed by atoms with Crippen molar-refractivity contribution < 1.29 is 18.9 Å². The average molecular weight is 569 g/mol. The van der Waals surface area contributed by atoms with Gasteiger partial charge in [0.1, 0.15) is 17.2 Å². The lowest BCUT2D eigenvalue weighted by Gasteiger charge is -2.17. The van der Waals surface area contributed by atoms with Gasteiger partial charge >= 0.3 is 0 Å². The van der Waals surface area contributed by atoms with Crippen molar-refractivity contribution in [3.05, 3.63) is 53.6 Å². The first-order chi connectivity index (χ1) is 15.7. The molecule has 2 aromatic rings. The normalized spacial score (nSPS) is 15.5. The van der Waals surface area contributed by atoms with E-state index in [0.29, 0.717) is 25.7 Å². The number of rotatable bonds is 11. The molecule has 1 saturated heterocycles. The molecule has 1 unspecified atom stereocenters. The number of hydrogen-bond acceptors (Lipinski definition) is 5. The van der Waals surface area contributed by atoms with E-state index in [2.05, 4.69) is 40.7 Å². The summed E-state index contributed by atoms with van der Waals surface area (Å²) in [7, 11) is 3.42. The van der Waals surface area contributed by atoms with Gasteiger partial charge in [-0.25, -0.2) is 0 Å². The van der Waals surface area contributed by atoms with Gasteiger partial charge in [-0.1, -0.05) is 18.2 Å². The Morgan fingerprint density at radius 2 is 1.97 bits per heavy atom. The maximum Gasteiger partial charge on any atom is 0.191 e. The number of hydrogen-bond donors (Lipinski definition) is 2. The van der Waals surface area contributed by atoms with Crippen molar-refractivity contribution in [2.75, 3.05) is 47.1 Å². The second kappa shape index (κ2) is 14.8. The maximum absolute atomic E-state index is 6.13. The molecule has 2 aromatic carbocycles. The van der Waals surface area contributed by atoms with Crippen LogP contribution in [0.25, 0.3) is 0 Å². The Kier molecular flexibility index (Phi) is 12.2. The van der Waals surface area contributed by atoms with Crippen LogP contribution < -0.4 is 24.8 Å². The topological polar surface area (TPSA) is 73.3 Å². The molecule has 0 aromatic heterocycles. The number of benzene rings is 2. The van der Waals surface area contributed by atoms with Gasteiger partial charge in [0.25, 0.3) is 0 Å². The molecule has 0 aliphatic carbocycles. The van der Waals surface area contributed by atoms with E-state index in [1.54, 1.807) is 14.2 Å². The van der Waals surface area contributed by atoms with E-state index in [-0.39, 0.29) is 24.0 Å². The van der Waals surface area contributed by atoms with Gasteiger partial charge in [-0.2, -0.15) is 0 Å². The van der Waals surface area contributed by atoms with Gasteiger partial charge in [0, 0.05) is 44.3 Å². The number of nitrogens with zero attached hydrogens (tertiary/aromatic N) is 1. The van der Waals surface area contributed by atoms with E-state index in [0.717, 1.165) is 61.4 Å². The zero-order valence-electron chi connectivity index (χ0n) is 19.8. The van der Waals surface area contributed by atoms with Gasteiger partial charge < -0.3 is 29.6 Å². The van der Waals surface area contributed by atoms with Crippen LogP contribution in [0.1, 0.15) is 24.0 Å². The molecule has 8 heteroatoms. The highest BCUT2D eigenvalue weighted by molar-refractivity contribution is 14.0. The summed E-state index contributed by atoms with van der Waals surface area (Å²) in [5.74, 6) is 3.75. The number of nitrogens with one attached hydrogen (secondary N) is 2. The van der Waals surface area contributed by atoms with Crippen LogP contribution in [0.15, 0.2) is 47.5 Å². The second-order valence-electron chi connectivity index (χ2n) is 7.89. The van der Waals surface area contributed by atoms with Crippen LogP contribution in [0, 0.1) is 12.8 Å². The second-order valence-corrected chi connectivity index (χ2v) is 7.89. The Balaban J connectivity index is 0.00000385. The van der Waals surface area contributed by atoms with E-state index in [9.17, 15) is 0 Å². The zero-order chi connectivity index (χ0) is 22.6. The van der Waals surface area contributed by atoms with Crippen LogP contribution in [0.5, 0.6) is 17.2 Å². The van der Waals surface area contributed by atoms with Gasteiger partial charge in [0.2, 0.25) is 0 Å². The summed E-state index contributed by atoms with van der Waals surface area (Å²) in [6.45, 7) is 6.39. The van der Waals surface area contributed by atoms with Crippen molar-refractivity contribution >= 4 is 29.9 Å². The molecule has 0 spiro atoms. The summed E-state index contributed by atoms with van der Waals surface area (Å²) in [4.78, 5) is 4.32. The molecule has 33 heavy (non-hydrogen) atoms. The summed E-state index contributed by atoms with van der Waals surface area (Å²) >= 11 is 0. The van der Waals surface area contributed by atoms with E-state index in [1.165, 1.54) is 5.56 Å². The van der Waals surface area contributed by atoms with E-state index in [4.69, 9.17) is 18.9 Å². The molecule has 3 rings (SSSR count). The Labute approximate surface area is 214 Å². The van der Waals surface area contributed by atoms with Gasteiger partial charge in [-0.15, -0.1) is 24.0 Å². The fourth-order valence-electron chi connectivity index (χ4n) is 3.42. The summed E-state index contributed by atoms with van der Waals surface area (Å²) in [5.41, 5.74) is 2.30. The molecular formula is C25H36IN3O4. The minimum Gasteiger partial charge on any atom is -0.497 e. The third kappa shape index (κ3) is 9.29. The highest BCUT2D eigenvalue weighted by Gasteiger charge is 2.17. The lowest BCUT2D eigenvalue weighted by molar-refractivity contribution is 0.166. The van der Waals surface area contributed by atoms with Crippen LogP contribution in [0.3, 0.4) is 0 Å². The van der Waals surface area contributed by atoms with Crippen LogP contribution in [0.2, 0.25) is 0 Å². The first kappa shape index (κ1) is 27.0. The standard InChI is InChI=1S/C25H35N3O4.HI/c1-19-8-9-21(24(14-19)32-18-20-10-13-30-17-20)16-28-25(26-2)27-11-5-12-31-23-7-4-6-22(15-23)29-3;/h4,6-9,14-15,20H,5,10-13,16-18H2,1-3H3,(H2,26,27,28);1H. The Morgan fingerprint density at radius 1 is 1.12 bits per heavy atom. The highest BCUT2D eigenvalue weighted by Crippen LogP contribution is 2.23. The molecule has 0 amide bonds. The van der Waals surface area contributed by atoms with Crippen molar-refractivity contribution in [2.45, 2.75) is 26.3 Å². The first-order valence-corrected chi connectivity index (χ1v) is 11.2. The van der Waals surface area contributed by atoms with Gasteiger partial charge in [-0.3, -0.25) is 4.99 Å². The summed E-state index contributed by atoms with van der Waals surface area (Å²) in [5, 5.41) is 6.71. The van der Waals surface area contributed by atoms with Crippen LogP contribution >= 0.6 is 24.0 Å². The van der Waals surface area contributed by atoms with Crippen molar-refractivity contribution in [3.63, 3.8) is 0 Å². The molecular weight excluding hydrogens is 533 g/mol. The van der Waals surface area contributed by atoms with Crippen molar-refractivity contribution in [1.82, 2.24) is 10.6 Å². The minimum absolute atomic E-state index is 0. The van der Waals surface area contributed by atoms with E-state index < -0.39 is 0 Å². The average Bonchev–Trinajstić information content (AvgIpc) is 3.34. The lowest BCUT2D eigenvalue weighted by Crippen LogP contribution is -2.37. The fourth-order valence-corrected chi connectivity index (χ4v) is 3.42. The minimum atomic E-state index is 0. The van der Waals surface area contributed by atoms with Gasteiger partial charge in [-0.05, 0) is 43.5 Å². The van der Waals surface area contributed by atoms with Crippen LogP contribution in [-0.4, -0.2) is 53.1 Å². The summed E-state index contributed by atoms with van der Waals surface area (Å²) in [6, 6.07) is 13.9. The SMILES string of the molecule is CN=C(NCCCOc1cccc(OC)c1)NCc1ccc(C)cc1OCC1CCOC1.I. The number of aliphatic imine (C=N–C) groups is 1. The van der Waals surface area contributed by atoms with Gasteiger partial charge in [0.15, 0.2) is 5.96 Å². The zero-order valence-corrected chi connectivity index (χ0v) is 22.1. The molecule has 1 aliphatic heterocycles. The van der Waals surface area contributed by atoms with Crippen molar-refractivity contribution in [2.24, 2.45) is 10.9 Å². The number of guanidine groups is 1. The molecule has 7 nitrogen and oxygen atoms in total. The van der Waals surface area contributed by atoms with Crippen LogP contribution in [-0.2, 0) is 11.3 Å². The predicted molar refractivity (Wildman–Crippen MR) is 142 cm³/mol. The predicted octanol–water partition coefficient (Wildman–Crippen LogP) is 4.17. The third-order valence-corrected chi connectivity index (χ3v) is 5.31. The fraction of sp³-hybridized carbons (Fsp3) is 0.480. The lowest BCUT2D eigenvalue weighted by atomic mass is 10.1. The Morgan fingerprint density at radius 3 is 2.73 bits per heavy atom. The molecule has 1 atom stereocenters. The first-order valence-electron chi connectivity index (χ1n) is 11.2. The largest absolute Gasteiger partial charge is 0.497 e. The monoisotopic (exact) mass is 569 g/mol. The maximum atomic E-state index is 6.13. The number of aryl methyl sites for hydroxylation is 1. The Bertz CT molecular complexity index is 872. The Hall–Kier alpha value is -2.20. The van der Waals surface area contributed by atoms with Gasteiger partial charge in [0.05, 0.1) is 26.9 Å². The highest BCUT2D eigenvalue weighted by atomic mass is 127. The molecule has 1 aliphatic rings. The molecule has 1 heterocycles. The molecule has 2 N–H and O–H groups in total. The van der Waals surface area contributed by atoms with Crippen LogP contribution in [0.4, 0.5) is 0 Å². The quantitative estimate of drug-likeness (QED) is 0.183. The van der Waals surface area contributed by atoms with E-state index >= 15 is 0 Å². The number of halogens is 1. The van der Waals surface area contributed by atoms with E-state index in [1.807, 2.05) is 24.3 Å². The molecule has 0 bridgehead atoms. The molecule has 1 fully saturated rings.